The Morgan fingerprint density at radius 3 is 1.10 bits per heavy atom. The number of hydrogen-bond donors (Lipinski definition) is 2. The van der Waals surface area contributed by atoms with Crippen molar-refractivity contribution in [2.75, 3.05) is 42.7 Å². The summed E-state index contributed by atoms with van der Waals surface area (Å²) >= 11 is 0. The molecule has 8 heteroatoms. The van der Waals surface area contributed by atoms with Crippen LogP contribution in [0.3, 0.4) is 0 Å². The minimum Gasteiger partial charge on any atom is -0.504 e. The average Bonchev–Trinajstić information content (AvgIpc) is 3.02. The average molecular weight is 575 g/mol. The number of ether oxygens (including phenoxy) is 6. The summed E-state index contributed by atoms with van der Waals surface area (Å²) in [6, 6.07) is 18.8. The molecule has 42 heavy (non-hydrogen) atoms. The lowest BCUT2D eigenvalue weighted by molar-refractivity contribution is 0.354. The molecule has 0 spiro atoms. The van der Waals surface area contributed by atoms with Gasteiger partial charge in [-0.25, -0.2) is 0 Å². The summed E-state index contributed by atoms with van der Waals surface area (Å²) in [6.07, 6.45) is 2.68. The predicted octanol–water partition coefficient (Wildman–Crippen LogP) is 6.39. The van der Waals surface area contributed by atoms with Gasteiger partial charge in [0.25, 0.3) is 0 Å². The summed E-state index contributed by atoms with van der Waals surface area (Å²) < 4.78 is 32.6. The largest absolute Gasteiger partial charge is 0.504 e. The van der Waals surface area contributed by atoms with E-state index in [2.05, 4.69) is 0 Å². The quantitative estimate of drug-likeness (QED) is 0.190. The van der Waals surface area contributed by atoms with Crippen molar-refractivity contribution in [3.8, 4) is 57.1 Å². The van der Waals surface area contributed by atoms with Crippen LogP contribution in [0.1, 0.15) is 22.3 Å². The van der Waals surface area contributed by atoms with Gasteiger partial charge in [0.1, 0.15) is 0 Å². The molecule has 8 nitrogen and oxygen atoms in total. The molecule has 0 aliphatic rings. The third kappa shape index (κ3) is 6.60. The van der Waals surface area contributed by atoms with E-state index in [0.717, 1.165) is 33.4 Å². The van der Waals surface area contributed by atoms with Gasteiger partial charge < -0.3 is 38.6 Å². The maximum atomic E-state index is 10.8. The van der Waals surface area contributed by atoms with E-state index in [1.807, 2.05) is 48.5 Å². The fourth-order valence-electron chi connectivity index (χ4n) is 5.09. The van der Waals surface area contributed by atoms with Crippen LogP contribution in [0, 0.1) is 0 Å². The highest BCUT2D eigenvalue weighted by atomic mass is 16.5. The molecule has 0 saturated carbocycles. The summed E-state index contributed by atoms with van der Waals surface area (Å²) in [5.41, 5.74) is 5.64. The molecule has 0 unspecified atom stereocenters. The topological polar surface area (TPSA) is 95.8 Å². The molecule has 222 valence electrons. The number of aryl methyl sites for hydroxylation is 4. The van der Waals surface area contributed by atoms with Gasteiger partial charge in [0.2, 0.25) is 0 Å². The standard InChI is InChI=1S/C34H38O8/c1-37-29-13-9-21(15-33(29)41-5)7-11-23-17-31(39-3)27(35)19-25(23)26-20-28(36)32(40-4)18-24(26)12-8-22-10-14-30(38-2)34(16-22)42-6/h9-10,13-20,35-36H,7-8,11-12H2,1-6H3. The van der Waals surface area contributed by atoms with Crippen LogP contribution in [0.4, 0.5) is 0 Å². The summed E-state index contributed by atoms with van der Waals surface area (Å²) in [7, 11) is 9.51. The van der Waals surface area contributed by atoms with Crippen molar-refractivity contribution in [3.05, 3.63) is 82.9 Å². The first-order valence-corrected chi connectivity index (χ1v) is 13.6. The fraction of sp³-hybridized carbons (Fsp3) is 0.294. The van der Waals surface area contributed by atoms with E-state index in [0.29, 0.717) is 60.2 Å². The SMILES string of the molecule is COc1cc(CCc2ccc(OC)c(OC)c2)c(-c2cc(O)c(OC)cc2CCc2ccc(OC)c(OC)c2)cc1O. The Balaban J connectivity index is 1.73. The molecule has 4 aromatic carbocycles. The number of benzene rings is 4. The van der Waals surface area contributed by atoms with Crippen LogP contribution in [0.15, 0.2) is 60.7 Å². The smallest absolute Gasteiger partial charge is 0.160 e. The first-order chi connectivity index (χ1) is 20.3. The molecule has 4 aromatic rings. The second-order valence-corrected chi connectivity index (χ2v) is 9.74. The Kier molecular flexibility index (Phi) is 9.91. The van der Waals surface area contributed by atoms with Crippen molar-refractivity contribution in [1.29, 1.82) is 0 Å². The van der Waals surface area contributed by atoms with Gasteiger partial charge in [-0.2, -0.15) is 0 Å². The van der Waals surface area contributed by atoms with E-state index in [-0.39, 0.29) is 11.5 Å². The van der Waals surface area contributed by atoms with Crippen molar-refractivity contribution >= 4 is 0 Å². The van der Waals surface area contributed by atoms with Gasteiger partial charge in [0.05, 0.1) is 42.7 Å². The van der Waals surface area contributed by atoms with Crippen molar-refractivity contribution in [1.82, 2.24) is 0 Å². The van der Waals surface area contributed by atoms with Crippen molar-refractivity contribution in [3.63, 3.8) is 0 Å². The van der Waals surface area contributed by atoms with Crippen LogP contribution >= 0.6 is 0 Å². The van der Waals surface area contributed by atoms with Gasteiger partial charge in [-0.15, -0.1) is 0 Å². The van der Waals surface area contributed by atoms with Crippen molar-refractivity contribution < 1.29 is 38.6 Å². The summed E-state index contributed by atoms with van der Waals surface area (Å²) in [5, 5.41) is 21.6. The zero-order chi connectivity index (χ0) is 30.2. The number of phenolic OH excluding ortho intramolecular Hbond substituents is 2. The van der Waals surface area contributed by atoms with Crippen LogP contribution in [-0.4, -0.2) is 52.9 Å². The molecule has 4 rings (SSSR count). The lowest BCUT2D eigenvalue weighted by Gasteiger charge is -2.19. The molecular formula is C34H38O8. The maximum Gasteiger partial charge on any atom is 0.160 e. The second kappa shape index (κ2) is 13.8. The van der Waals surface area contributed by atoms with E-state index in [1.54, 1.807) is 40.6 Å². The normalized spacial score (nSPS) is 10.7. The van der Waals surface area contributed by atoms with Gasteiger partial charge in [-0.1, -0.05) is 12.1 Å². The molecule has 0 aliphatic carbocycles. The molecule has 0 amide bonds. The minimum absolute atomic E-state index is 0.0171. The van der Waals surface area contributed by atoms with Crippen molar-refractivity contribution in [2.24, 2.45) is 0 Å². The monoisotopic (exact) mass is 574 g/mol. The van der Waals surface area contributed by atoms with Gasteiger partial charge in [0.15, 0.2) is 46.0 Å². The Morgan fingerprint density at radius 1 is 0.405 bits per heavy atom. The molecule has 0 heterocycles. The zero-order valence-corrected chi connectivity index (χ0v) is 24.9. The summed E-state index contributed by atoms with van der Waals surface area (Å²) in [5.74, 6) is 3.46. The Bertz CT molecular complexity index is 1410. The predicted molar refractivity (Wildman–Crippen MR) is 162 cm³/mol. The molecule has 0 bridgehead atoms. The molecule has 0 aromatic heterocycles. The van der Waals surface area contributed by atoms with Gasteiger partial charge in [-0.05, 0) is 108 Å². The number of hydrogen-bond acceptors (Lipinski definition) is 8. The molecular weight excluding hydrogens is 536 g/mol. The van der Waals surface area contributed by atoms with Crippen LogP contribution in [0.25, 0.3) is 11.1 Å². The Labute approximate surface area is 247 Å². The number of phenols is 2. The molecule has 0 radical (unpaired) electrons. The van der Waals surface area contributed by atoms with Crippen LogP contribution < -0.4 is 28.4 Å². The number of rotatable bonds is 13. The first-order valence-electron chi connectivity index (χ1n) is 13.6. The van der Waals surface area contributed by atoms with Crippen LogP contribution in [0.5, 0.6) is 46.0 Å². The molecule has 0 atom stereocenters. The number of methoxy groups -OCH3 is 6. The van der Waals surface area contributed by atoms with E-state index in [1.165, 1.54) is 14.2 Å². The highest BCUT2D eigenvalue weighted by Gasteiger charge is 2.18. The lowest BCUT2D eigenvalue weighted by Crippen LogP contribution is -2.01. The zero-order valence-electron chi connectivity index (χ0n) is 24.9. The third-order valence-corrected chi connectivity index (χ3v) is 7.36. The van der Waals surface area contributed by atoms with Gasteiger partial charge >= 0.3 is 0 Å². The second-order valence-electron chi connectivity index (χ2n) is 9.74. The van der Waals surface area contributed by atoms with Crippen LogP contribution in [0.2, 0.25) is 0 Å². The van der Waals surface area contributed by atoms with E-state index in [4.69, 9.17) is 28.4 Å². The Morgan fingerprint density at radius 2 is 0.762 bits per heavy atom. The minimum atomic E-state index is 0.0171. The van der Waals surface area contributed by atoms with E-state index in [9.17, 15) is 10.2 Å². The molecule has 2 N–H and O–H groups in total. The lowest BCUT2D eigenvalue weighted by atomic mass is 9.89. The first kappa shape index (κ1) is 30.2. The fourth-order valence-corrected chi connectivity index (χ4v) is 5.09. The molecule has 0 aliphatic heterocycles. The Hall–Kier alpha value is -4.72. The summed E-state index contributed by atoms with van der Waals surface area (Å²) in [6.45, 7) is 0. The van der Waals surface area contributed by atoms with E-state index >= 15 is 0 Å². The van der Waals surface area contributed by atoms with Crippen LogP contribution in [-0.2, 0) is 25.7 Å². The van der Waals surface area contributed by atoms with E-state index < -0.39 is 0 Å². The van der Waals surface area contributed by atoms with Gasteiger partial charge in [0, 0.05) is 0 Å². The highest BCUT2D eigenvalue weighted by molar-refractivity contribution is 5.76. The third-order valence-electron chi connectivity index (χ3n) is 7.36. The highest BCUT2D eigenvalue weighted by Crippen LogP contribution is 2.41. The molecule has 0 fully saturated rings. The molecule has 0 saturated heterocycles. The maximum absolute atomic E-state index is 10.8. The van der Waals surface area contributed by atoms with Gasteiger partial charge in [-0.3, -0.25) is 0 Å². The van der Waals surface area contributed by atoms with Crippen molar-refractivity contribution in [2.45, 2.75) is 25.7 Å². The number of aromatic hydroxyl groups is 2. The summed E-state index contributed by atoms with van der Waals surface area (Å²) in [4.78, 5) is 0.